The van der Waals surface area contributed by atoms with Gasteiger partial charge in [0.15, 0.2) is 5.12 Å². The summed E-state index contributed by atoms with van der Waals surface area (Å²) in [5.74, 6) is 0.309. The van der Waals surface area contributed by atoms with E-state index in [4.69, 9.17) is 10.00 Å². The average molecular weight is 241 g/mol. The zero-order valence-electron chi connectivity index (χ0n) is 8.10. The van der Waals surface area contributed by atoms with Gasteiger partial charge in [-0.25, -0.2) is 0 Å². The molecule has 0 fully saturated rings. The molecule has 0 rings (SSSR count). The minimum Gasteiger partial charge on any atom is -0.395 e. The molecule has 0 amide bonds. The van der Waals surface area contributed by atoms with Crippen LogP contribution in [0.15, 0.2) is 0 Å². The van der Waals surface area contributed by atoms with Gasteiger partial charge in [-0.05, 0) is 13.8 Å². The summed E-state index contributed by atoms with van der Waals surface area (Å²) in [6, 6.07) is 0. The van der Waals surface area contributed by atoms with Gasteiger partial charge in [0.1, 0.15) is 6.61 Å². The van der Waals surface area contributed by atoms with E-state index in [1.54, 1.807) is 13.8 Å². The van der Waals surface area contributed by atoms with Gasteiger partial charge in [-0.1, -0.05) is 11.8 Å². The number of rotatable bonds is 6. The summed E-state index contributed by atoms with van der Waals surface area (Å²) in [5.41, 5.74) is -0.772. The second-order valence-electron chi connectivity index (χ2n) is 3.25. The van der Waals surface area contributed by atoms with Gasteiger partial charge in [0.25, 0.3) is 0 Å². The lowest BCUT2D eigenvalue weighted by atomic mass is 9.97. The minimum atomic E-state index is -2.59. The second kappa shape index (κ2) is 6.48. The lowest BCUT2D eigenvalue weighted by molar-refractivity contribution is -0.119. The highest BCUT2D eigenvalue weighted by atomic mass is 32.2. The van der Waals surface area contributed by atoms with E-state index in [-0.39, 0.29) is 18.3 Å². The van der Waals surface area contributed by atoms with Crippen LogP contribution < -0.4 is 0 Å². The van der Waals surface area contributed by atoms with Crippen molar-refractivity contribution >= 4 is 25.1 Å². The standard InChI is InChI=1S/C7H13O5PS/c1-7(2,5-8)6(9)14-4-3-12-13(10)11/h8H,3-5H2,1-2H3/p+1. The van der Waals surface area contributed by atoms with Crippen LogP contribution in [0, 0.1) is 5.41 Å². The van der Waals surface area contributed by atoms with Crippen molar-refractivity contribution in [2.24, 2.45) is 5.41 Å². The maximum Gasteiger partial charge on any atom is 0.694 e. The van der Waals surface area contributed by atoms with Crippen molar-refractivity contribution in [3.05, 3.63) is 0 Å². The lowest BCUT2D eigenvalue weighted by Crippen LogP contribution is -2.26. The first-order chi connectivity index (χ1) is 6.40. The first kappa shape index (κ1) is 14.0. The maximum atomic E-state index is 11.4. The summed E-state index contributed by atoms with van der Waals surface area (Å²) in [5, 5.41) is 8.70. The predicted molar refractivity (Wildman–Crippen MR) is 54.1 cm³/mol. The fourth-order valence-corrected chi connectivity index (χ4v) is 1.69. The van der Waals surface area contributed by atoms with Gasteiger partial charge in [0, 0.05) is 10.3 Å². The highest BCUT2D eigenvalue weighted by Gasteiger charge is 2.26. The zero-order valence-corrected chi connectivity index (χ0v) is 9.81. The van der Waals surface area contributed by atoms with Crippen molar-refractivity contribution in [3.63, 3.8) is 0 Å². The number of carbonyl (C=O) groups excluding carboxylic acids is 1. The Labute approximate surface area is 87.8 Å². The van der Waals surface area contributed by atoms with Crippen molar-refractivity contribution in [1.82, 2.24) is 0 Å². The Balaban J connectivity index is 3.70. The van der Waals surface area contributed by atoms with Crippen LogP contribution in [0.2, 0.25) is 0 Å². The van der Waals surface area contributed by atoms with Crippen LogP contribution in [0.1, 0.15) is 13.8 Å². The highest BCUT2D eigenvalue weighted by Crippen LogP contribution is 2.23. The molecule has 0 aliphatic rings. The minimum absolute atomic E-state index is 0.0453. The molecular weight excluding hydrogens is 227 g/mol. The summed E-state index contributed by atoms with van der Waals surface area (Å²) in [6.45, 7) is 3.10. The molecule has 82 valence electrons. The fourth-order valence-electron chi connectivity index (χ4n) is 0.510. The van der Waals surface area contributed by atoms with Crippen LogP contribution in [0.3, 0.4) is 0 Å². The summed E-state index contributed by atoms with van der Waals surface area (Å²) in [7, 11) is -2.59. The Morgan fingerprint density at radius 1 is 1.57 bits per heavy atom. The molecule has 2 N–H and O–H groups in total. The number of hydrogen-bond acceptors (Lipinski definition) is 5. The zero-order chi connectivity index (χ0) is 11.2. The predicted octanol–water partition coefficient (Wildman–Crippen LogP) is 0.931. The molecule has 1 unspecified atom stereocenters. The fraction of sp³-hybridized carbons (Fsp3) is 0.857. The number of aliphatic hydroxyl groups is 1. The number of carbonyl (C=O) groups is 1. The molecule has 7 heteroatoms. The molecule has 0 bridgehead atoms. The summed E-state index contributed by atoms with van der Waals surface area (Å²) >= 11 is 0.986. The van der Waals surface area contributed by atoms with E-state index in [1.165, 1.54) is 0 Å². The molecule has 5 nitrogen and oxygen atoms in total. The third kappa shape index (κ3) is 5.67. The van der Waals surface area contributed by atoms with E-state index >= 15 is 0 Å². The van der Waals surface area contributed by atoms with Crippen LogP contribution in [0.4, 0.5) is 0 Å². The third-order valence-electron chi connectivity index (χ3n) is 1.47. The van der Waals surface area contributed by atoms with Crippen LogP contribution in [0.5, 0.6) is 0 Å². The van der Waals surface area contributed by atoms with E-state index in [9.17, 15) is 9.36 Å². The van der Waals surface area contributed by atoms with Crippen LogP contribution in [0.25, 0.3) is 0 Å². The first-order valence-corrected chi connectivity index (χ1v) is 6.09. The Kier molecular flexibility index (Phi) is 6.48. The molecule has 14 heavy (non-hydrogen) atoms. The van der Waals surface area contributed by atoms with Crippen LogP contribution in [-0.4, -0.2) is 34.1 Å². The smallest absolute Gasteiger partial charge is 0.395 e. The van der Waals surface area contributed by atoms with Gasteiger partial charge in [-0.15, -0.1) is 9.42 Å². The summed E-state index contributed by atoms with van der Waals surface area (Å²) in [6.07, 6.45) is 0. The summed E-state index contributed by atoms with van der Waals surface area (Å²) in [4.78, 5) is 19.6. The Morgan fingerprint density at radius 2 is 2.14 bits per heavy atom. The van der Waals surface area contributed by atoms with Gasteiger partial charge in [-0.2, -0.15) is 0 Å². The Bertz CT molecular complexity index is 218. The number of thioether (sulfide) groups is 1. The van der Waals surface area contributed by atoms with Crippen LogP contribution in [-0.2, 0) is 13.9 Å². The molecule has 1 atom stereocenters. The molecule has 0 radical (unpaired) electrons. The first-order valence-electron chi connectivity index (χ1n) is 3.97. The van der Waals surface area contributed by atoms with Gasteiger partial charge >= 0.3 is 8.25 Å². The van der Waals surface area contributed by atoms with Crippen molar-refractivity contribution in [3.8, 4) is 0 Å². The Morgan fingerprint density at radius 3 is 2.57 bits per heavy atom. The molecule has 0 heterocycles. The average Bonchev–Trinajstić information content (AvgIpc) is 2.11. The molecular formula is C7H14O5PS+. The van der Waals surface area contributed by atoms with E-state index in [1.807, 2.05) is 0 Å². The Hall–Kier alpha value is -0.0000000000000000486. The highest BCUT2D eigenvalue weighted by molar-refractivity contribution is 8.13. The van der Waals surface area contributed by atoms with E-state index in [0.717, 1.165) is 11.8 Å². The van der Waals surface area contributed by atoms with Crippen LogP contribution >= 0.6 is 20.0 Å². The monoisotopic (exact) mass is 241 g/mol. The molecule has 0 aromatic heterocycles. The van der Waals surface area contributed by atoms with E-state index in [2.05, 4.69) is 4.52 Å². The largest absolute Gasteiger partial charge is 0.694 e. The van der Waals surface area contributed by atoms with Gasteiger partial charge < -0.3 is 5.11 Å². The maximum absolute atomic E-state index is 11.4. The quantitative estimate of drug-likeness (QED) is 0.531. The summed E-state index contributed by atoms with van der Waals surface area (Å²) < 4.78 is 14.5. The van der Waals surface area contributed by atoms with E-state index in [0.29, 0.717) is 5.75 Å². The van der Waals surface area contributed by atoms with Gasteiger partial charge in [-0.3, -0.25) is 4.79 Å². The number of hydrogen-bond donors (Lipinski definition) is 2. The van der Waals surface area contributed by atoms with Crippen molar-refractivity contribution in [2.45, 2.75) is 13.8 Å². The molecule has 0 aliphatic heterocycles. The van der Waals surface area contributed by atoms with Gasteiger partial charge in [0.05, 0.1) is 12.0 Å². The molecule has 0 aromatic carbocycles. The topological polar surface area (TPSA) is 83.8 Å². The van der Waals surface area contributed by atoms with Crippen molar-refractivity contribution in [2.75, 3.05) is 19.0 Å². The van der Waals surface area contributed by atoms with E-state index < -0.39 is 13.7 Å². The number of aliphatic hydroxyl groups excluding tert-OH is 1. The molecule has 0 aromatic rings. The second-order valence-corrected chi connectivity index (χ2v) is 5.05. The van der Waals surface area contributed by atoms with Crippen molar-refractivity contribution in [1.29, 1.82) is 0 Å². The molecule has 0 saturated heterocycles. The SMILES string of the molecule is CC(C)(CO)C(=O)SCCO[P+](=O)O. The molecule has 0 aliphatic carbocycles. The third-order valence-corrected chi connectivity index (χ3v) is 3.06. The molecule has 0 saturated carbocycles. The normalized spacial score (nSPS) is 12.7. The van der Waals surface area contributed by atoms with Gasteiger partial charge in [0.2, 0.25) is 0 Å². The lowest BCUT2D eigenvalue weighted by Gasteiger charge is -2.18. The van der Waals surface area contributed by atoms with Crippen molar-refractivity contribution < 1.29 is 23.9 Å². The molecule has 0 spiro atoms.